The fourth-order valence-electron chi connectivity index (χ4n) is 2.06. The van der Waals surface area contributed by atoms with Gasteiger partial charge in [0, 0.05) is 9.50 Å². The number of benzene rings is 2. The fraction of sp³-hybridized carbons (Fsp3) is 0.235. The summed E-state index contributed by atoms with van der Waals surface area (Å²) >= 11 is 9.53. The summed E-state index contributed by atoms with van der Waals surface area (Å²) < 4.78 is 6.37. The van der Waals surface area contributed by atoms with E-state index in [1.54, 1.807) is 0 Å². The number of hydrogen-bond donors (Lipinski definition) is 2. The van der Waals surface area contributed by atoms with Gasteiger partial charge in [0.1, 0.15) is 5.75 Å². The number of ether oxygens (including phenoxy) is 1. The molecule has 0 aliphatic carbocycles. The van der Waals surface area contributed by atoms with Gasteiger partial charge in [0.05, 0.1) is 5.69 Å². The average molecular weight is 398 g/mol. The summed E-state index contributed by atoms with van der Waals surface area (Å²) in [4.78, 5) is 11.9. The normalized spacial score (nSPS) is 10.3. The Morgan fingerprint density at radius 1 is 1.17 bits per heavy atom. The lowest BCUT2D eigenvalue weighted by Crippen LogP contribution is -2.32. The van der Waals surface area contributed by atoms with E-state index in [0.29, 0.717) is 11.4 Å². The van der Waals surface area contributed by atoms with Gasteiger partial charge in [-0.25, -0.2) is 4.79 Å². The minimum atomic E-state index is -0.336. The smallest absolute Gasteiger partial charge is 0.321 e. The second-order valence-electron chi connectivity index (χ2n) is 5.27. The highest BCUT2D eigenvalue weighted by Crippen LogP contribution is 2.26. The van der Waals surface area contributed by atoms with Crippen molar-refractivity contribution in [2.45, 2.75) is 20.8 Å². The SMILES string of the molecule is Cc1ccc(NC(=O)NCOc2cc(C)c(Cl)c(C)c2)c(Br)c1. The predicted molar refractivity (Wildman–Crippen MR) is 97.5 cm³/mol. The Balaban J connectivity index is 1.87. The molecule has 0 unspecified atom stereocenters. The predicted octanol–water partition coefficient (Wildman–Crippen LogP) is 5.19. The zero-order chi connectivity index (χ0) is 17.0. The van der Waals surface area contributed by atoms with E-state index in [-0.39, 0.29) is 12.8 Å². The Bertz CT molecular complexity index is 712. The van der Waals surface area contributed by atoms with Crippen LogP contribution in [-0.4, -0.2) is 12.8 Å². The van der Waals surface area contributed by atoms with Crippen LogP contribution in [0.1, 0.15) is 16.7 Å². The molecule has 122 valence electrons. The van der Waals surface area contributed by atoms with E-state index in [2.05, 4.69) is 26.6 Å². The molecule has 6 heteroatoms. The molecule has 2 N–H and O–H groups in total. The molecule has 2 rings (SSSR count). The highest BCUT2D eigenvalue weighted by Gasteiger charge is 2.06. The lowest BCUT2D eigenvalue weighted by atomic mass is 10.1. The van der Waals surface area contributed by atoms with E-state index in [9.17, 15) is 4.79 Å². The lowest BCUT2D eigenvalue weighted by Gasteiger charge is -2.12. The topological polar surface area (TPSA) is 50.4 Å². The summed E-state index contributed by atoms with van der Waals surface area (Å²) in [6, 6.07) is 9.04. The van der Waals surface area contributed by atoms with Gasteiger partial charge in [-0.2, -0.15) is 0 Å². The van der Waals surface area contributed by atoms with Crippen molar-refractivity contribution < 1.29 is 9.53 Å². The number of carbonyl (C=O) groups excluding carboxylic acids is 1. The molecule has 0 spiro atoms. The molecule has 2 aromatic rings. The third kappa shape index (κ3) is 4.88. The first kappa shape index (κ1) is 17.6. The number of halogens is 2. The number of nitrogens with one attached hydrogen (secondary N) is 2. The summed E-state index contributed by atoms with van der Waals surface area (Å²) in [7, 11) is 0. The molecule has 2 amide bonds. The second-order valence-corrected chi connectivity index (χ2v) is 6.51. The zero-order valence-electron chi connectivity index (χ0n) is 13.2. The summed E-state index contributed by atoms with van der Waals surface area (Å²) in [5, 5.41) is 6.14. The minimum absolute atomic E-state index is 0.0653. The second kappa shape index (κ2) is 7.70. The highest BCUT2D eigenvalue weighted by molar-refractivity contribution is 9.10. The number of hydrogen-bond acceptors (Lipinski definition) is 2. The fourth-order valence-corrected chi connectivity index (χ4v) is 2.76. The van der Waals surface area contributed by atoms with Gasteiger partial charge in [-0.3, -0.25) is 0 Å². The first-order valence-corrected chi connectivity index (χ1v) is 8.24. The maximum atomic E-state index is 11.9. The van der Waals surface area contributed by atoms with Gasteiger partial charge >= 0.3 is 6.03 Å². The van der Waals surface area contributed by atoms with Crippen LogP contribution in [0.2, 0.25) is 5.02 Å². The Hall–Kier alpha value is -1.72. The Labute approximate surface area is 149 Å². The molecule has 0 radical (unpaired) electrons. The van der Waals surface area contributed by atoms with Gasteiger partial charge in [0.25, 0.3) is 0 Å². The molecule has 4 nitrogen and oxygen atoms in total. The molecule has 2 aromatic carbocycles. The molecule has 23 heavy (non-hydrogen) atoms. The number of rotatable bonds is 4. The van der Waals surface area contributed by atoms with Gasteiger partial charge in [-0.15, -0.1) is 0 Å². The molecular formula is C17H18BrClN2O2. The Kier molecular flexibility index (Phi) is 5.91. The van der Waals surface area contributed by atoms with Gasteiger partial charge in [-0.05, 0) is 77.7 Å². The molecule has 0 bridgehead atoms. The molecule has 0 saturated carbocycles. The van der Waals surface area contributed by atoms with Crippen molar-refractivity contribution in [1.82, 2.24) is 5.32 Å². The largest absolute Gasteiger partial charge is 0.473 e. The maximum Gasteiger partial charge on any atom is 0.321 e. The van der Waals surface area contributed by atoms with Gasteiger partial charge in [-0.1, -0.05) is 17.7 Å². The average Bonchev–Trinajstić information content (AvgIpc) is 2.47. The molecule has 0 atom stereocenters. The van der Waals surface area contributed by atoms with Crippen molar-refractivity contribution in [3.05, 3.63) is 56.5 Å². The first-order valence-electron chi connectivity index (χ1n) is 7.07. The van der Waals surface area contributed by atoms with Crippen LogP contribution >= 0.6 is 27.5 Å². The summed E-state index contributed by atoms with van der Waals surface area (Å²) in [5.41, 5.74) is 3.69. The summed E-state index contributed by atoms with van der Waals surface area (Å²) in [6.07, 6.45) is 0. The van der Waals surface area contributed by atoms with Crippen LogP contribution in [-0.2, 0) is 0 Å². The number of anilines is 1. The van der Waals surface area contributed by atoms with E-state index in [0.717, 1.165) is 26.2 Å². The maximum absolute atomic E-state index is 11.9. The molecule has 0 aliphatic heterocycles. The Morgan fingerprint density at radius 3 is 2.43 bits per heavy atom. The van der Waals surface area contributed by atoms with Gasteiger partial charge < -0.3 is 15.4 Å². The third-order valence-electron chi connectivity index (χ3n) is 3.25. The van der Waals surface area contributed by atoms with Crippen LogP contribution in [0.25, 0.3) is 0 Å². The Morgan fingerprint density at radius 2 is 1.83 bits per heavy atom. The quantitative estimate of drug-likeness (QED) is 0.698. The van der Waals surface area contributed by atoms with E-state index in [1.807, 2.05) is 51.1 Å². The van der Waals surface area contributed by atoms with Crippen LogP contribution in [0.15, 0.2) is 34.8 Å². The minimum Gasteiger partial charge on any atom is -0.473 e. The molecule has 0 heterocycles. The van der Waals surface area contributed by atoms with Crippen molar-refractivity contribution in [3.8, 4) is 5.75 Å². The highest BCUT2D eigenvalue weighted by atomic mass is 79.9. The van der Waals surface area contributed by atoms with Crippen molar-refractivity contribution >= 4 is 39.2 Å². The third-order valence-corrected chi connectivity index (χ3v) is 4.51. The van der Waals surface area contributed by atoms with Crippen molar-refractivity contribution in [1.29, 1.82) is 0 Å². The molecule has 0 aliphatic rings. The summed E-state index contributed by atoms with van der Waals surface area (Å²) in [5.74, 6) is 0.668. The molecule has 0 aromatic heterocycles. The zero-order valence-corrected chi connectivity index (χ0v) is 15.5. The monoisotopic (exact) mass is 396 g/mol. The van der Waals surface area contributed by atoms with Gasteiger partial charge in [0.15, 0.2) is 6.73 Å². The van der Waals surface area contributed by atoms with Crippen molar-refractivity contribution in [3.63, 3.8) is 0 Å². The molecule has 0 saturated heterocycles. The van der Waals surface area contributed by atoms with Crippen LogP contribution in [0.5, 0.6) is 5.75 Å². The van der Waals surface area contributed by atoms with Crippen LogP contribution in [0, 0.1) is 20.8 Å². The van der Waals surface area contributed by atoms with E-state index >= 15 is 0 Å². The van der Waals surface area contributed by atoms with E-state index in [1.165, 1.54) is 0 Å². The van der Waals surface area contributed by atoms with Gasteiger partial charge in [0.2, 0.25) is 0 Å². The summed E-state index contributed by atoms with van der Waals surface area (Å²) in [6.45, 7) is 5.88. The number of aryl methyl sites for hydroxylation is 3. The number of amides is 2. The van der Waals surface area contributed by atoms with Crippen molar-refractivity contribution in [2.75, 3.05) is 12.0 Å². The molecular weight excluding hydrogens is 380 g/mol. The van der Waals surface area contributed by atoms with Crippen molar-refractivity contribution in [2.24, 2.45) is 0 Å². The molecule has 0 fully saturated rings. The van der Waals surface area contributed by atoms with Crippen LogP contribution < -0.4 is 15.4 Å². The van der Waals surface area contributed by atoms with E-state index < -0.39 is 0 Å². The van der Waals surface area contributed by atoms with Crippen LogP contribution in [0.4, 0.5) is 10.5 Å². The number of urea groups is 1. The van der Waals surface area contributed by atoms with Crippen LogP contribution in [0.3, 0.4) is 0 Å². The standard InChI is InChI=1S/C17H18BrClN2O2/c1-10-4-5-15(14(18)6-10)21-17(22)20-9-23-13-7-11(2)16(19)12(3)8-13/h4-8H,9H2,1-3H3,(H2,20,21,22). The number of carbonyl (C=O) groups is 1. The van der Waals surface area contributed by atoms with E-state index in [4.69, 9.17) is 16.3 Å². The first-order chi connectivity index (χ1) is 10.9. The lowest BCUT2D eigenvalue weighted by molar-refractivity contribution is 0.234.